The van der Waals surface area contributed by atoms with Gasteiger partial charge in [0.25, 0.3) is 0 Å². The third-order valence-electron chi connectivity index (χ3n) is 11.0. The number of aliphatic hydroxyl groups is 1. The Labute approximate surface area is 245 Å². The molecule has 0 spiro atoms. The van der Waals surface area contributed by atoms with Crippen LogP contribution < -0.4 is 10.6 Å². The monoisotopic (exact) mass is 555 g/mol. The molecule has 5 fully saturated rings. The van der Waals surface area contributed by atoms with E-state index in [1.807, 2.05) is 6.20 Å². The summed E-state index contributed by atoms with van der Waals surface area (Å²) in [5, 5.41) is 18.6. The fourth-order valence-corrected chi connectivity index (χ4v) is 9.45. The fourth-order valence-electron chi connectivity index (χ4n) is 9.45. The van der Waals surface area contributed by atoms with Gasteiger partial charge in [-0.15, -0.1) is 0 Å². The zero-order valence-corrected chi connectivity index (χ0v) is 25.1. The van der Waals surface area contributed by atoms with Gasteiger partial charge in [-0.25, -0.2) is 4.98 Å². The summed E-state index contributed by atoms with van der Waals surface area (Å²) in [4.78, 5) is 9.78. The van der Waals surface area contributed by atoms with Crippen molar-refractivity contribution >= 4 is 17.0 Å². The van der Waals surface area contributed by atoms with Crippen LogP contribution in [0.4, 0.5) is 5.95 Å². The van der Waals surface area contributed by atoms with Gasteiger partial charge in [-0.3, -0.25) is 0 Å². The lowest BCUT2D eigenvalue weighted by Crippen LogP contribution is -2.50. The number of anilines is 1. The first-order valence-corrected chi connectivity index (χ1v) is 16.6. The minimum atomic E-state index is -0.168. The minimum Gasteiger partial charge on any atom is -0.393 e. The van der Waals surface area contributed by atoms with Crippen LogP contribution in [0.3, 0.4) is 0 Å². The zero-order valence-electron chi connectivity index (χ0n) is 25.1. The largest absolute Gasteiger partial charge is 0.393 e. The van der Waals surface area contributed by atoms with E-state index in [4.69, 9.17) is 9.97 Å². The lowest BCUT2D eigenvalue weighted by Gasteiger charge is -2.57. The van der Waals surface area contributed by atoms with E-state index in [0.717, 1.165) is 73.9 Å². The predicted molar refractivity (Wildman–Crippen MR) is 167 cm³/mol. The lowest BCUT2D eigenvalue weighted by molar-refractivity contribution is -0.0514. The average Bonchev–Trinajstić information content (AvgIpc) is 3.32. The molecule has 220 valence electrons. The Morgan fingerprint density at radius 2 is 1.68 bits per heavy atom. The molecule has 6 heteroatoms. The number of fused-ring (bicyclic) bond motifs is 1. The lowest BCUT2D eigenvalue weighted by atomic mass is 9.49. The van der Waals surface area contributed by atoms with Crippen molar-refractivity contribution in [3.8, 4) is 11.1 Å². The normalized spacial score (nSPS) is 31.5. The van der Waals surface area contributed by atoms with E-state index in [1.165, 1.54) is 61.8 Å². The summed E-state index contributed by atoms with van der Waals surface area (Å²) in [7, 11) is 0. The van der Waals surface area contributed by atoms with Crippen LogP contribution in [0.15, 0.2) is 36.7 Å². The van der Waals surface area contributed by atoms with E-state index in [9.17, 15) is 5.11 Å². The molecule has 0 aliphatic heterocycles. The highest BCUT2D eigenvalue weighted by atomic mass is 16.3. The second kappa shape index (κ2) is 11.3. The first-order chi connectivity index (χ1) is 20.0. The van der Waals surface area contributed by atoms with Crippen LogP contribution in [-0.2, 0) is 6.54 Å². The van der Waals surface area contributed by atoms with Gasteiger partial charge in [-0.05, 0) is 112 Å². The maximum Gasteiger partial charge on any atom is 0.224 e. The molecule has 1 atom stereocenters. The summed E-state index contributed by atoms with van der Waals surface area (Å²) in [5.74, 6) is 3.75. The molecule has 8 rings (SSSR count). The van der Waals surface area contributed by atoms with Crippen LogP contribution in [-0.4, -0.2) is 38.3 Å². The highest BCUT2D eigenvalue weighted by molar-refractivity contribution is 5.94. The molecule has 2 heterocycles. The Morgan fingerprint density at radius 1 is 1.00 bits per heavy atom. The zero-order chi connectivity index (χ0) is 28.0. The molecular formula is C35H49N5O. The Morgan fingerprint density at radius 3 is 2.34 bits per heavy atom. The summed E-state index contributed by atoms with van der Waals surface area (Å²) < 4.78 is 2.37. The van der Waals surface area contributed by atoms with Crippen molar-refractivity contribution in [2.75, 3.05) is 11.9 Å². The van der Waals surface area contributed by atoms with Crippen molar-refractivity contribution in [3.63, 3.8) is 0 Å². The third-order valence-corrected chi connectivity index (χ3v) is 11.0. The predicted octanol–water partition coefficient (Wildman–Crippen LogP) is 7.48. The molecule has 0 amide bonds. The maximum absolute atomic E-state index is 10.1. The fraction of sp³-hybridized carbons (Fsp3) is 0.657. The SMILES string of the molecule is CCCC(C)Nc1ncc2c(-c3ccc(CNCC45CC6CC(CC(C6)C4)C5)cc3)cn(C3CCC(O)CC3)c2n1. The Balaban J connectivity index is 1.08. The number of aliphatic hydroxyl groups excluding tert-OH is 1. The number of hydrogen-bond acceptors (Lipinski definition) is 5. The van der Waals surface area contributed by atoms with Gasteiger partial charge < -0.3 is 20.3 Å². The van der Waals surface area contributed by atoms with Crippen LogP contribution in [0, 0.1) is 23.2 Å². The first kappa shape index (κ1) is 27.4. The molecule has 5 aliphatic rings. The van der Waals surface area contributed by atoms with E-state index in [1.54, 1.807) is 0 Å². The topological polar surface area (TPSA) is 75.0 Å². The molecule has 0 saturated heterocycles. The molecule has 5 saturated carbocycles. The number of rotatable bonds is 10. The van der Waals surface area contributed by atoms with E-state index in [-0.39, 0.29) is 6.10 Å². The van der Waals surface area contributed by atoms with Crippen LogP contribution in [0.1, 0.15) is 103 Å². The van der Waals surface area contributed by atoms with Crippen LogP contribution in [0.5, 0.6) is 0 Å². The quantitative estimate of drug-likeness (QED) is 0.242. The molecule has 3 aromatic rings. The summed E-state index contributed by atoms with van der Waals surface area (Å²) in [5.41, 5.74) is 5.36. The number of hydrogen-bond donors (Lipinski definition) is 3. The summed E-state index contributed by atoms with van der Waals surface area (Å²) in [6.45, 7) is 6.54. The van der Waals surface area contributed by atoms with Crippen molar-refractivity contribution in [2.45, 2.75) is 116 Å². The van der Waals surface area contributed by atoms with Crippen molar-refractivity contribution in [1.29, 1.82) is 0 Å². The maximum atomic E-state index is 10.1. The Bertz CT molecular complexity index is 1300. The number of aromatic nitrogens is 3. The van der Waals surface area contributed by atoms with Gasteiger partial charge in [0.05, 0.1) is 6.10 Å². The van der Waals surface area contributed by atoms with Crippen molar-refractivity contribution in [1.82, 2.24) is 19.9 Å². The van der Waals surface area contributed by atoms with Gasteiger partial charge in [0.2, 0.25) is 5.95 Å². The van der Waals surface area contributed by atoms with Crippen molar-refractivity contribution < 1.29 is 5.11 Å². The number of nitrogens with zero attached hydrogens (tertiary/aromatic N) is 3. The average molecular weight is 556 g/mol. The van der Waals surface area contributed by atoms with Crippen LogP contribution in [0.25, 0.3) is 22.2 Å². The molecule has 41 heavy (non-hydrogen) atoms. The standard InChI is InChI=1S/C35H49N5O/c1-3-4-23(2)38-34-37-20-31-32(21-40(33(31)39-34)29-9-11-30(41)12-10-29)28-7-5-24(6-8-28)19-36-22-35-16-25-13-26(17-35)15-27(14-25)18-35/h5-8,20-21,23,25-27,29-30,36,41H,3-4,9-19,22H2,1-2H3,(H,37,38,39). The Kier molecular flexibility index (Phi) is 7.57. The highest BCUT2D eigenvalue weighted by Gasteiger charge is 2.50. The highest BCUT2D eigenvalue weighted by Crippen LogP contribution is 2.59. The van der Waals surface area contributed by atoms with E-state index < -0.39 is 0 Å². The smallest absolute Gasteiger partial charge is 0.224 e. The van der Waals surface area contributed by atoms with Gasteiger partial charge in [0.1, 0.15) is 5.65 Å². The molecule has 0 radical (unpaired) electrons. The van der Waals surface area contributed by atoms with Crippen molar-refractivity contribution in [3.05, 3.63) is 42.2 Å². The summed E-state index contributed by atoms with van der Waals surface area (Å²) >= 11 is 0. The van der Waals surface area contributed by atoms with Gasteiger partial charge in [-0.2, -0.15) is 4.98 Å². The molecule has 6 nitrogen and oxygen atoms in total. The van der Waals surface area contributed by atoms with E-state index in [0.29, 0.717) is 23.4 Å². The van der Waals surface area contributed by atoms with Crippen LogP contribution in [0.2, 0.25) is 0 Å². The molecule has 4 bridgehead atoms. The molecular weight excluding hydrogens is 506 g/mol. The second-order valence-electron chi connectivity index (χ2n) is 14.4. The Hall–Kier alpha value is -2.44. The number of nitrogens with one attached hydrogen (secondary N) is 2. The summed E-state index contributed by atoms with van der Waals surface area (Å²) in [6, 6.07) is 9.85. The number of benzene rings is 1. The first-order valence-electron chi connectivity index (χ1n) is 16.6. The molecule has 1 unspecified atom stereocenters. The molecule has 5 aliphatic carbocycles. The molecule has 2 aromatic heterocycles. The van der Waals surface area contributed by atoms with Gasteiger partial charge >= 0.3 is 0 Å². The van der Waals surface area contributed by atoms with Crippen molar-refractivity contribution in [2.24, 2.45) is 23.2 Å². The van der Waals surface area contributed by atoms with Crippen LogP contribution >= 0.6 is 0 Å². The van der Waals surface area contributed by atoms with E-state index in [2.05, 4.69) is 59.5 Å². The minimum absolute atomic E-state index is 0.168. The third kappa shape index (κ3) is 5.67. The molecule has 1 aromatic carbocycles. The summed E-state index contributed by atoms with van der Waals surface area (Å²) in [6.07, 6.45) is 19.0. The van der Waals surface area contributed by atoms with Gasteiger partial charge in [0, 0.05) is 48.5 Å². The van der Waals surface area contributed by atoms with Gasteiger partial charge in [-0.1, -0.05) is 37.6 Å². The van der Waals surface area contributed by atoms with Gasteiger partial charge in [0.15, 0.2) is 0 Å². The second-order valence-corrected chi connectivity index (χ2v) is 14.4. The molecule has 3 N–H and O–H groups in total. The van der Waals surface area contributed by atoms with E-state index >= 15 is 0 Å².